The molecule has 19 heavy (non-hydrogen) atoms. The van der Waals surface area contributed by atoms with E-state index in [4.69, 9.17) is 15.2 Å². The number of urea groups is 1. The summed E-state index contributed by atoms with van der Waals surface area (Å²) in [4.78, 5) is 20.7. The van der Waals surface area contributed by atoms with E-state index in [2.05, 4.69) is 5.10 Å². The molecule has 1 aromatic carbocycles. The summed E-state index contributed by atoms with van der Waals surface area (Å²) in [5.74, 6) is 0.185. The van der Waals surface area contributed by atoms with Crippen molar-refractivity contribution in [3.05, 3.63) is 27.8 Å². The number of nitrogens with one attached hydrogen (secondary N) is 1. The van der Waals surface area contributed by atoms with Gasteiger partial charge in [0.05, 0.1) is 25.4 Å². The van der Waals surface area contributed by atoms with Crippen molar-refractivity contribution < 1.29 is 19.2 Å². The van der Waals surface area contributed by atoms with Crippen molar-refractivity contribution in [3.63, 3.8) is 0 Å². The van der Waals surface area contributed by atoms with Gasteiger partial charge in [-0.2, -0.15) is 5.10 Å². The number of ether oxygens (including phenoxy) is 2. The van der Waals surface area contributed by atoms with Crippen LogP contribution in [0.1, 0.15) is 5.56 Å². The summed E-state index contributed by atoms with van der Waals surface area (Å²) >= 11 is 0. The molecule has 0 saturated carbocycles. The zero-order valence-corrected chi connectivity index (χ0v) is 10.2. The normalized spacial score (nSPS) is 10.2. The molecule has 2 amide bonds. The maximum atomic E-state index is 10.9. The number of nitro benzene ring substituents is 1. The molecule has 0 saturated heterocycles. The largest absolute Gasteiger partial charge is 0.493 e. The lowest BCUT2D eigenvalue weighted by Gasteiger charge is -2.08. The zero-order chi connectivity index (χ0) is 14.4. The molecule has 9 nitrogen and oxygen atoms in total. The van der Waals surface area contributed by atoms with Gasteiger partial charge in [0, 0.05) is 11.6 Å². The van der Waals surface area contributed by atoms with Crippen LogP contribution in [0.25, 0.3) is 0 Å². The lowest BCUT2D eigenvalue weighted by molar-refractivity contribution is -0.385. The van der Waals surface area contributed by atoms with E-state index < -0.39 is 11.0 Å². The Balaban J connectivity index is 3.21. The number of rotatable bonds is 5. The molecule has 0 aliphatic heterocycles. The second-order valence-corrected chi connectivity index (χ2v) is 3.27. The predicted molar refractivity (Wildman–Crippen MR) is 66.5 cm³/mol. The van der Waals surface area contributed by atoms with Crippen LogP contribution >= 0.6 is 0 Å². The molecule has 0 aliphatic rings. The highest BCUT2D eigenvalue weighted by atomic mass is 16.6. The van der Waals surface area contributed by atoms with Crippen molar-refractivity contribution >= 4 is 17.9 Å². The molecular formula is C10H12N4O5. The monoisotopic (exact) mass is 268 g/mol. The van der Waals surface area contributed by atoms with E-state index in [0.29, 0.717) is 5.56 Å². The lowest BCUT2D eigenvalue weighted by atomic mass is 10.2. The second kappa shape index (κ2) is 6.19. The fourth-order valence-corrected chi connectivity index (χ4v) is 1.35. The summed E-state index contributed by atoms with van der Waals surface area (Å²) in [6, 6.07) is 1.86. The molecule has 3 N–H and O–H groups in total. The molecule has 0 aliphatic carbocycles. The summed E-state index contributed by atoms with van der Waals surface area (Å²) in [5.41, 5.74) is 6.86. The van der Waals surface area contributed by atoms with Gasteiger partial charge in [0.1, 0.15) is 0 Å². The number of hydrogen-bond acceptors (Lipinski definition) is 6. The molecule has 0 atom stereocenters. The van der Waals surface area contributed by atoms with Crippen LogP contribution in [0.5, 0.6) is 11.5 Å². The topological polar surface area (TPSA) is 129 Å². The molecule has 102 valence electrons. The third-order valence-corrected chi connectivity index (χ3v) is 2.07. The van der Waals surface area contributed by atoms with Crippen molar-refractivity contribution in [2.45, 2.75) is 0 Å². The number of nitro groups is 1. The minimum Gasteiger partial charge on any atom is -0.493 e. The van der Waals surface area contributed by atoms with Gasteiger partial charge >= 0.3 is 11.7 Å². The third kappa shape index (κ3) is 3.56. The summed E-state index contributed by atoms with van der Waals surface area (Å²) in [7, 11) is 2.65. The van der Waals surface area contributed by atoms with Crippen molar-refractivity contribution in [1.29, 1.82) is 0 Å². The number of carbonyl (C=O) groups excluding carboxylic acids is 1. The molecule has 0 bridgehead atoms. The van der Waals surface area contributed by atoms with Gasteiger partial charge in [-0.05, 0) is 6.07 Å². The maximum absolute atomic E-state index is 10.9. The average Bonchev–Trinajstić information content (AvgIpc) is 2.36. The molecule has 0 spiro atoms. The van der Waals surface area contributed by atoms with Gasteiger partial charge in [-0.3, -0.25) is 10.1 Å². The molecular weight excluding hydrogens is 256 g/mol. The van der Waals surface area contributed by atoms with Crippen LogP contribution in [0, 0.1) is 10.1 Å². The van der Waals surface area contributed by atoms with E-state index in [9.17, 15) is 14.9 Å². The van der Waals surface area contributed by atoms with Crippen LogP contribution in [0.2, 0.25) is 0 Å². The average molecular weight is 268 g/mol. The van der Waals surface area contributed by atoms with Crippen LogP contribution in [0.15, 0.2) is 17.2 Å². The first kappa shape index (κ1) is 14.2. The Morgan fingerprint density at radius 2 is 2.16 bits per heavy atom. The number of nitrogens with zero attached hydrogens (tertiary/aromatic N) is 2. The second-order valence-electron chi connectivity index (χ2n) is 3.27. The number of methoxy groups -OCH3 is 2. The van der Waals surface area contributed by atoms with Crippen molar-refractivity contribution in [3.8, 4) is 11.5 Å². The van der Waals surface area contributed by atoms with E-state index in [1.807, 2.05) is 5.43 Å². The Kier molecular flexibility index (Phi) is 4.63. The Bertz CT molecular complexity index is 529. The minimum absolute atomic E-state index is 0.00695. The van der Waals surface area contributed by atoms with E-state index in [0.717, 1.165) is 0 Å². The smallest absolute Gasteiger partial charge is 0.332 e. The van der Waals surface area contributed by atoms with Gasteiger partial charge in [-0.25, -0.2) is 10.2 Å². The number of carbonyl (C=O) groups is 1. The van der Waals surface area contributed by atoms with Crippen molar-refractivity contribution in [2.24, 2.45) is 10.8 Å². The fraction of sp³-hybridized carbons (Fsp3) is 0.200. The first-order valence-corrected chi connectivity index (χ1v) is 4.98. The first-order valence-electron chi connectivity index (χ1n) is 4.98. The van der Waals surface area contributed by atoms with Crippen LogP contribution in [-0.2, 0) is 0 Å². The Morgan fingerprint density at radius 3 is 2.63 bits per heavy atom. The SMILES string of the molecule is COc1cc(/C=N\NC(N)=O)cc([N+](=O)[O-])c1OC. The summed E-state index contributed by atoms with van der Waals surface area (Å²) < 4.78 is 9.92. The molecule has 0 heterocycles. The summed E-state index contributed by atoms with van der Waals surface area (Å²) in [6.07, 6.45) is 1.19. The molecule has 0 radical (unpaired) electrons. The van der Waals surface area contributed by atoms with E-state index in [-0.39, 0.29) is 17.2 Å². The number of primary amides is 1. The van der Waals surface area contributed by atoms with E-state index >= 15 is 0 Å². The molecule has 1 rings (SSSR count). The Hall–Kier alpha value is -2.84. The highest BCUT2D eigenvalue weighted by Crippen LogP contribution is 2.37. The molecule has 0 fully saturated rings. The summed E-state index contributed by atoms with van der Waals surface area (Å²) in [5, 5.41) is 14.4. The zero-order valence-electron chi connectivity index (χ0n) is 10.2. The fourth-order valence-electron chi connectivity index (χ4n) is 1.35. The molecule has 0 unspecified atom stereocenters. The van der Waals surface area contributed by atoms with Crippen LogP contribution in [0.4, 0.5) is 10.5 Å². The number of benzene rings is 1. The molecule has 0 aromatic heterocycles. The maximum Gasteiger partial charge on any atom is 0.332 e. The van der Waals surface area contributed by atoms with Crippen molar-refractivity contribution in [2.75, 3.05) is 14.2 Å². The number of hydrogen-bond donors (Lipinski definition) is 2. The third-order valence-electron chi connectivity index (χ3n) is 2.07. The summed E-state index contributed by atoms with van der Waals surface area (Å²) in [6.45, 7) is 0. The first-order chi connectivity index (χ1) is 8.99. The standard InChI is InChI=1S/C10H12N4O5/c1-18-8-4-6(5-12-13-10(11)15)3-7(14(16)17)9(8)19-2/h3-5H,1-2H3,(H3,11,13,15)/b12-5-. The predicted octanol–water partition coefficient (Wildman–Crippen LogP) is 0.614. The number of amides is 2. The Morgan fingerprint density at radius 1 is 1.47 bits per heavy atom. The van der Waals surface area contributed by atoms with E-state index in [1.165, 1.54) is 32.6 Å². The van der Waals surface area contributed by atoms with Gasteiger partial charge in [-0.1, -0.05) is 0 Å². The van der Waals surface area contributed by atoms with Gasteiger partial charge in [0.2, 0.25) is 5.75 Å². The van der Waals surface area contributed by atoms with Gasteiger partial charge in [0.25, 0.3) is 0 Å². The minimum atomic E-state index is -0.841. The van der Waals surface area contributed by atoms with Crippen molar-refractivity contribution in [1.82, 2.24) is 5.43 Å². The molecule has 9 heteroatoms. The Labute approximate surface area is 108 Å². The van der Waals surface area contributed by atoms with Gasteiger partial charge in [0.15, 0.2) is 5.75 Å². The van der Waals surface area contributed by atoms with Crippen LogP contribution in [0.3, 0.4) is 0 Å². The van der Waals surface area contributed by atoms with E-state index in [1.54, 1.807) is 0 Å². The number of nitrogens with two attached hydrogens (primary N) is 1. The highest BCUT2D eigenvalue weighted by molar-refractivity contribution is 5.84. The quantitative estimate of drug-likeness (QED) is 0.459. The van der Waals surface area contributed by atoms with Gasteiger partial charge < -0.3 is 15.2 Å². The molecule has 1 aromatic rings. The lowest BCUT2D eigenvalue weighted by Crippen LogP contribution is -2.24. The number of hydrazone groups is 1. The van der Waals surface area contributed by atoms with Crippen LogP contribution in [-0.4, -0.2) is 31.4 Å². The van der Waals surface area contributed by atoms with Crippen LogP contribution < -0.4 is 20.6 Å². The van der Waals surface area contributed by atoms with Gasteiger partial charge in [-0.15, -0.1) is 0 Å². The highest BCUT2D eigenvalue weighted by Gasteiger charge is 2.20.